The van der Waals surface area contributed by atoms with Crippen molar-refractivity contribution in [1.29, 1.82) is 0 Å². The first-order valence-corrected chi connectivity index (χ1v) is 11.7. The van der Waals surface area contributed by atoms with Crippen molar-refractivity contribution in [2.24, 2.45) is 33.7 Å². The standard InChI is InChI=1S/C24H33N3O3/c1-22-10-7-17(26-27-25)13-16(22)4-5-20-19(22)8-11-23(2)18(9-12-24(20,23)29)15-3-6-21(28)30-14-15/h3,6,14,16-20,29H,4-5,7-13H2,1-2H3/t16-,17+,18-,19+,20?,22+,23-,24+/m1/s1. The van der Waals surface area contributed by atoms with E-state index in [0.29, 0.717) is 17.8 Å². The van der Waals surface area contributed by atoms with Crippen molar-refractivity contribution in [2.75, 3.05) is 0 Å². The normalized spacial score (nSPS) is 47.5. The van der Waals surface area contributed by atoms with Gasteiger partial charge in [0.1, 0.15) is 0 Å². The van der Waals surface area contributed by atoms with Crippen LogP contribution in [0.4, 0.5) is 0 Å². The molecule has 6 nitrogen and oxygen atoms in total. The van der Waals surface area contributed by atoms with Crippen LogP contribution in [0.2, 0.25) is 0 Å². The van der Waals surface area contributed by atoms with Crippen LogP contribution in [0.3, 0.4) is 0 Å². The molecule has 0 amide bonds. The quantitative estimate of drug-likeness (QED) is 0.392. The molecule has 0 bridgehead atoms. The summed E-state index contributed by atoms with van der Waals surface area (Å²) in [7, 11) is 0. The Morgan fingerprint density at radius 2 is 1.93 bits per heavy atom. The van der Waals surface area contributed by atoms with Gasteiger partial charge in [0.25, 0.3) is 0 Å². The van der Waals surface area contributed by atoms with E-state index in [2.05, 4.69) is 23.9 Å². The molecule has 4 fully saturated rings. The number of aliphatic hydroxyl groups is 1. The molecule has 0 spiro atoms. The number of azide groups is 1. The number of fused-ring (bicyclic) bond motifs is 5. The Kier molecular flexibility index (Phi) is 4.61. The van der Waals surface area contributed by atoms with Crippen LogP contribution in [0, 0.1) is 28.6 Å². The van der Waals surface area contributed by atoms with E-state index in [4.69, 9.17) is 9.95 Å². The zero-order valence-electron chi connectivity index (χ0n) is 18.1. The molecule has 4 saturated carbocycles. The van der Waals surface area contributed by atoms with Crippen LogP contribution in [0.1, 0.15) is 83.1 Å². The van der Waals surface area contributed by atoms with Crippen molar-refractivity contribution in [1.82, 2.24) is 0 Å². The van der Waals surface area contributed by atoms with Crippen LogP contribution < -0.4 is 5.63 Å². The lowest BCUT2D eigenvalue weighted by Crippen LogP contribution is -2.62. The SMILES string of the molecule is C[C@]12CC[C@H](N=[N+]=[N-])C[C@H]1CCC1[C@@H]2CC[C@]2(C)[C@@H](c3ccc(=O)oc3)CC[C@]12O. The van der Waals surface area contributed by atoms with Crippen LogP contribution in [-0.4, -0.2) is 16.7 Å². The second-order valence-corrected chi connectivity index (χ2v) is 11.0. The fourth-order valence-electron chi connectivity index (χ4n) is 8.48. The van der Waals surface area contributed by atoms with Gasteiger partial charge in [0.05, 0.1) is 11.9 Å². The number of hydrogen-bond donors (Lipinski definition) is 1. The molecule has 8 atom stereocenters. The van der Waals surface area contributed by atoms with E-state index < -0.39 is 5.60 Å². The van der Waals surface area contributed by atoms with Crippen LogP contribution in [0.5, 0.6) is 0 Å². The number of rotatable bonds is 2. The summed E-state index contributed by atoms with van der Waals surface area (Å²) in [5.74, 6) is 1.69. The van der Waals surface area contributed by atoms with Gasteiger partial charge in [0, 0.05) is 22.4 Å². The van der Waals surface area contributed by atoms with Gasteiger partial charge in [-0.2, -0.15) is 0 Å². The van der Waals surface area contributed by atoms with E-state index in [9.17, 15) is 9.90 Å². The molecular formula is C24H33N3O3. The van der Waals surface area contributed by atoms with Gasteiger partial charge in [-0.25, -0.2) is 4.79 Å². The highest BCUT2D eigenvalue weighted by Gasteiger charge is 2.67. The monoisotopic (exact) mass is 411 g/mol. The van der Waals surface area contributed by atoms with Crippen LogP contribution in [0.15, 0.2) is 32.7 Å². The highest BCUT2D eigenvalue weighted by Crippen LogP contribution is 2.70. The lowest BCUT2D eigenvalue weighted by molar-refractivity contribution is -0.201. The van der Waals surface area contributed by atoms with Crippen LogP contribution in [-0.2, 0) is 0 Å². The molecule has 4 aliphatic carbocycles. The summed E-state index contributed by atoms with van der Waals surface area (Å²) in [6.45, 7) is 4.73. The van der Waals surface area contributed by atoms with E-state index in [1.807, 2.05) is 6.07 Å². The zero-order valence-corrected chi connectivity index (χ0v) is 18.1. The van der Waals surface area contributed by atoms with E-state index in [0.717, 1.165) is 63.4 Å². The van der Waals surface area contributed by atoms with Crippen molar-refractivity contribution in [3.05, 3.63) is 44.8 Å². The molecule has 1 aromatic heterocycles. The van der Waals surface area contributed by atoms with Gasteiger partial charge in [-0.05, 0) is 104 Å². The Balaban J connectivity index is 1.45. The average Bonchev–Trinajstić information content (AvgIpc) is 3.01. The maximum absolute atomic E-state index is 12.2. The number of nitrogens with zero attached hydrogens (tertiary/aromatic N) is 3. The summed E-state index contributed by atoms with van der Waals surface area (Å²) >= 11 is 0. The van der Waals surface area contributed by atoms with Gasteiger partial charge in [-0.3, -0.25) is 0 Å². The summed E-state index contributed by atoms with van der Waals surface area (Å²) in [4.78, 5) is 14.5. The first kappa shape index (κ1) is 20.1. The minimum Gasteiger partial charge on any atom is -0.431 e. The van der Waals surface area contributed by atoms with E-state index in [1.54, 1.807) is 6.26 Å². The maximum Gasteiger partial charge on any atom is 0.335 e. The van der Waals surface area contributed by atoms with Gasteiger partial charge in [-0.1, -0.05) is 19.0 Å². The second-order valence-electron chi connectivity index (χ2n) is 11.0. The molecule has 0 aliphatic heterocycles. The highest BCUT2D eigenvalue weighted by molar-refractivity contribution is 5.27. The van der Waals surface area contributed by atoms with Gasteiger partial charge < -0.3 is 9.52 Å². The molecular weight excluding hydrogens is 378 g/mol. The van der Waals surface area contributed by atoms with E-state index in [1.165, 1.54) is 6.07 Å². The van der Waals surface area contributed by atoms with Crippen molar-refractivity contribution in [3.8, 4) is 0 Å². The third-order valence-electron chi connectivity index (χ3n) is 10.2. The van der Waals surface area contributed by atoms with Crippen LogP contribution in [0.25, 0.3) is 10.4 Å². The average molecular weight is 412 g/mol. The lowest BCUT2D eigenvalue weighted by atomic mass is 9.43. The smallest absolute Gasteiger partial charge is 0.335 e. The van der Waals surface area contributed by atoms with Crippen molar-refractivity contribution >= 4 is 0 Å². The van der Waals surface area contributed by atoms with Crippen molar-refractivity contribution in [2.45, 2.75) is 89.2 Å². The molecule has 1 N–H and O–H groups in total. The molecule has 0 aromatic carbocycles. The zero-order chi connectivity index (χ0) is 21.1. The fourth-order valence-corrected chi connectivity index (χ4v) is 8.48. The second kappa shape index (κ2) is 6.86. The van der Waals surface area contributed by atoms with E-state index in [-0.39, 0.29) is 28.4 Å². The predicted molar refractivity (Wildman–Crippen MR) is 114 cm³/mol. The molecule has 1 aromatic rings. The Hall–Kier alpha value is -1.78. The summed E-state index contributed by atoms with van der Waals surface area (Å²) in [5, 5.41) is 16.3. The minimum atomic E-state index is -0.660. The topological polar surface area (TPSA) is 99.2 Å². The first-order valence-electron chi connectivity index (χ1n) is 11.7. The Labute approximate surface area is 177 Å². The minimum absolute atomic E-state index is 0.144. The molecule has 0 radical (unpaired) electrons. The Bertz CT molecular complexity index is 919. The largest absolute Gasteiger partial charge is 0.431 e. The summed E-state index contributed by atoms with van der Waals surface area (Å²) in [6.07, 6.45) is 10.8. The van der Waals surface area contributed by atoms with Crippen LogP contribution >= 0.6 is 0 Å². The molecule has 4 aliphatic rings. The molecule has 162 valence electrons. The molecule has 1 unspecified atom stereocenters. The molecule has 6 heteroatoms. The van der Waals surface area contributed by atoms with Gasteiger partial charge in [-0.15, -0.1) is 0 Å². The molecule has 1 heterocycles. The summed E-state index contributed by atoms with van der Waals surface area (Å²) in [5.41, 5.74) is 9.00. The molecule has 0 saturated heterocycles. The third kappa shape index (κ3) is 2.66. The Morgan fingerprint density at radius 3 is 2.67 bits per heavy atom. The first-order chi connectivity index (χ1) is 14.3. The van der Waals surface area contributed by atoms with Gasteiger partial charge >= 0.3 is 5.63 Å². The fraction of sp³-hybridized carbons (Fsp3) is 0.792. The molecule has 30 heavy (non-hydrogen) atoms. The molecule has 5 rings (SSSR count). The Morgan fingerprint density at radius 1 is 1.10 bits per heavy atom. The van der Waals surface area contributed by atoms with Crippen molar-refractivity contribution < 1.29 is 9.52 Å². The number of hydrogen-bond acceptors (Lipinski definition) is 4. The predicted octanol–water partition coefficient (Wildman–Crippen LogP) is 5.56. The maximum atomic E-state index is 12.2. The summed E-state index contributed by atoms with van der Waals surface area (Å²) in [6, 6.07) is 3.55. The lowest BCUT2D eigenvalue weighted by Gasteiger charge is -2.63. The van der Waals surface area contributed by atoms with Crippen molar-refractivity contribution in [3.63, 3.8) is 0 Å². The van der Waals surface area contributed by atoms with Gasteiger partial charge in [0.15, 0.2) is 0 Å². The third-order valence-corrected chi connectivity index (χ3v) is 10.2. The van der Waals surface area contributed by atoms with Gasteiger partial charge in [0.2, 0.25) is 0 Å². The summed E-state index contributed by atoms with van der Waals surface area (Å²) < 4.78 is 5.18. The highest BCUT2D eigenvalue weighted by atomic mass is 16.4. The van der Waals surface area contributed by atoms with E-state index >= 15 is 0 Å².